The number of alkyl halides is 3. The van der Waals surface area contributed by atoms with E-state index in [2.05, 4.69) is 0 Å². The second kappa shape index (κ2) is 8.58. The molecule has 2 aromatic carbocycles. The molecule has 0 unspecified atom stereocenters. The van der Waals surface area contributed by atoms with Crippen molar-refractivity contribution in [2.75, 3.05) is 12.4 Å². The van der Waals surface area contributed by atoms with E-state index in [0.29, 0.717) is 6.61 Å². The SMILES string of the molecule is O=C(O)CCc1cc2cc(C(F)(F)F)ccc2n1S(=O)(=O)CC=Cc1ccc2c(c1)CCO2. The van der Waals surface area contributed by atoms with E-state index in [0.717, 1.165) is 45.5 Å². The lowest BCUT2D eigenvalue weighted by molar-refractivity contribution is -0.138. The highest BCUT2D eigenvalue weighted by Gasteiger charge is 2.31. The van der Waals surface area contributed by atoms with Crippen LogP contribution in [0.15, 0.2) is 48.5 Å². The Morgan fingerprint density at radius 2 is 1.94 bits per heavy atom. The fourth-order valence-corrected chi connectivity index (χ4v) is 5.31. The number of benzene rings is 2. The van der Waals surface area contributed by atoms with Crippen molar-refractivity contribution in [1.29, 1.82) is 0 Å². The molecule has 0 saturated heterocycles. The van der Waals surface area contributed by atoms with Gasteiger partial charge in [-0.2, -0.15) is 13.2 Å². The molecule has 0 radical (unpaired) electrons. The molecule has 1 aromatic heterocycles. The molecule has 3 aromatic rings. The van der Waals surface area contributed by atoms with E-state index in [1.807, 2.05) is 12.1 Å². The molecule has 174 valence electrons. The molecule has 2 heterocycles. The second-order valence-corrected chi connectivity index (χ2v) is 9.57. The van der Waals surface area contributed by atoms with Crippen LogP contribution < -0.4 is 4.74 Å². The third-order valence-corrected chi connectivity index (χ3v) is 6.96. The molecule has 0 atom stereocenters. The number of nitrogens with zero attached hydrogens (tertiary/aromatic N) is 1. The Morgan fingerprint density at radius 1 is 1.15 bits per heavy atom. The molecule has 1 aliphatic heterocycles. The lowest BCUT2D eigenvalue weighted by atomic mass is 10.1. The summed E-state index contributed by atoms with van der Waals surface area (Å²) in [7, 11) is -4.02. The molecule has 33 heavy (non-hydrogen) atoms. The number of fused-ring (bicyclic) bond motifs is 2. The normalized spacial score (nSPS) is 14.0. The molecule has 0 aliphatic carbocycles. The quantitative estimate of drug-likeness (QED) is 0.539. The van der Waals surface area contributed by atoms with Crippen molar-refractivity contribution in [1.82, 2.24) is 3.97 Å². The van der Waals surface area contributed by atoms with Crippen molar-refractivity contribution in [2.24, 2.45) is 0 Å². The molecule has 10 heteroatoms. The molecule has 6 nitrogen and oxygen atoms in total. The lowest BCUT2D eigenvalue weighted by Crippen LogP contribution is -2.18. The molecule has 0 bridgehead atoms. The van der Waals surface area contributed by atoms with Crippen molar-refractivity contribution in [3.63, 3.8) is 0 Å². The molecular formula is C23H20F3NO5S. The molecule has 4 rings (SSSR count). The summed E-state index contributed by atoms with van der Waals surface area (Å²) in [5.74, 6) is -0.744. The number of aliphatic carboxylic acids is 1. The van der Waals surface area contributed by atoms with Crippen LogP contribution >= 0.6 is 0 Å². The highest BCUT2D eigenvalue weighted by atomic mass is 32.2. The van der Waals surface area contributed by atoms with Crippen LogP contribution in [0.1, 0.15) is 28.8 Å². The number of carbonyl (C=O) groups is 1. The molecular weight excluding hydrogens is 459 g/mol. The van der Waals surface area contributed by atoms with Gasteiger partial charge in [-0.05, 0) is 53.9 Å². The van der Waals surface area contributed by atoms with Gasteiger partial charge in [0.1, 0.15) is 5.75 Å². The van der Waals surface area contributed by atoms with E-state index in [4.69, 9.17) is 9.84 Å². The number of carboxylic acid groups (broad SMARTS) is 1. The van der Waals surface area contributed by atoms with Gasteiger partial charge in [-0.25, -0.2) is 12.4 Å². The Labute approximate surface area is 188 Å². The zero-order chi connectivity index (χ0) is 23.8. The second-order valence-electron chi connectivity index (χ2n) is 7.71. The number of hydrogen-bond acceptors (Lipinski definition) is 4. The number of ether oxygens (including phenoxy) is 1. The number of aryl methyl sites for hydroxylation is 1. The number of halogens is 3. The van der Waals surface area contributed by atoms with E-state index in [-0.39, 0.29) is 29.4 Å². The summed E-state index contributed by atoms with van der Waals surface area (Å²) in [4.78, 5) is 11.0. The van der Waals surface area contributed by atoms with Gasteiger partial charge in [-0.1, -0.05) is 18.2 Å². The van der Waals surface area contributed by atoms with Crippen LogP contribution in [0.3, 0.4) is 0 Å². The zero-order valence-electron chi connectivity index (χ0n) is 17.3. The van der Waals surface area contributed by atoms with E-state index in [9.17, 15) is 26.4 Å². The average molecular weight is 479 g/mol. The van der Waals surface area contributed by atoms with Gasteiger partial charge in [-0.15, -0.1) is 0 Å². The maximum absolute atomic E-state index is 13.2. The Morgan fingerprint density at radius 3 is 2.67 bits per heavy atom. The van der Waals surface area contributed by atoms with E-state index in [1.54, 1.807) is 12.1 Å². The minimum atomic E-state index is -4.58. The summed E-state index contributed by atoms with van der Waals surface area (Å²) in [6.45, 7) is 0.604. The average Bonchev–Trinajstić information content (AvgIpc) is 3.34. The largest absolute Gasteiger partial charge is 0.493 e. The van der Waals surface area contributed by atoms with Gasteiger partial charge in [0.15, 0.2) is 0 Å². The van der Waals surface area contributed by atoms with Crippen molar-refractivity contribution in [3.05, 3.63) is 70.9 Å². The lowest BCUT2D eigenvalue weighted by Gasteiger charge is -2.11. The molecule has 1 N–H and O–H groups in total. The summed E-state index contributed by atoms with van der Waals surface area (Å²) in [5, 5.41) is 9.08. The monoisotopic (exact) mass is 479 g/mol. The van der Waals surface area contributed by atoms with E-state index < -0.39 is 33.5 Å². The van der Waals surface area contributed by atoms with E-state index >= 15 is 0 Å². The number of rotatable bonds is 7. The first-order valence-corrected chi connectivity index (χ1v) is 11.7. The predicted molar refractivity (Wildman–Crippen MR) is 117 cm³/mol. The topological polar surface area (TPSA) is 85.6 Å². The molecule has 0 amide bonds. The molecule has 0 saturated carbocycles. The van der Waals surface area contributed by atoms with Gasteiger partial charge in [0.05, 0.1) is 29.9 Å². The molecule has 1 aliphatic rings. The standard InChI is InChI=1S/C23H20F3NO5S/c24-23(25,26)18-4-6-20-17(13-18)14-19(5-8-22(28)29)27(20)33(30,31)11-1-2-15-3-7-21-16(12-15)9-10-32-21/h1-4,6-7,12-14H,5,8-11H2,(H,28,29). The Balaban J connectivity index is 1.67. The van der Waals surface area contributed by atoms with Crippen molar-refractivity contribution in [2.45, 2.75) is 25.4 Å². The smallest absolute Gasteiger partial charge is 0.416 e. The zero-order valence-corrected chi connectivity index (χ0v) is 18.1. The highest BCUT2D eigenvalue weighted by Crippen LogP contribution is 2.33. The third-order valence-electron chi connectivity index (χ3n) is 5.36. The van der Waals surface area contributed by atoms with Gasteiger partial charge in [0, 0.05) is 17.5 Å². The van der Waals surface area contributed by atoms with Gasteiger partial charge in [-0.3, -0.25) is 4.79 Å². The molecule has 0 fully saturated rings. The first-order chi connectivity index (χ1) is 15.5. The number of aromatic nitrogens is 1. The summed E-state index contributed by atoms with van der Waals surface area (Å²) >= 11 is 0. The predicted octanol–water partition coefficient (Wildman–Crippen LogP) is 4.50. The highest BCUT2D eigenvalue weighted by molar-refractivity contribution is 7.90. The molecule has 0 spiro atoms. The summed E-state index contributed by atoms with van der Waals surface area (Å²) < 4.78 is 72.0. The Bertz CT molecular complexity index is 1360. The minimum Gasteiger partial charge on any atom is -0.493 e. The van der Waals surface area contributed by atoms with Crippen LogP contribution in [0.2, 0.25) is 0 Å². The van der Waals surface area contributed by atoms with Gasteiger partial charge >= 0.3 is 12.1 Å². The van der Waals surface area contributed by atoms with Crippen molar-refractivity contribution < 1.29 is 36.2 Å². The van der Waals surface area contributed by atoms with Crippen LogP contribution in [-0.4, -0.2) is 35.8 Å². The number of hydrogen-bond donors (Lipinski definition) is 1. The van der Waals surface area contributed by atoms with Gasteiger partial charge in [0.25, 0.3) is 0 Å². The first kappa shape index (κ1) is 22.9. The Kier molecular flexibility index (Phi) is 5.96. The van der Waals surface area contributed by atoms with E-state index in [1.165, 1.54) is 12.1 Å². The van der Waals surface area contributed by atoms with Crippen molar-refractivity contribution >= 4 is 33.0 Å². The maximum atomic E-state index is 13.2. The third kappa shape index (κ3) is 4.90. The van der Waals surface area contributed by atoms with Crippen molar-refractivity contribution in [3.8, 4) is 5.75 Å². The Hall–Kier alpha value is -3.27. The van der Waals surface area contributed by atoms with Crippen LogP contribution in [0.4, 0.5) is 13.2 Å². The summed E-state index contributed by atoms with van der Waals surface area (Å²) in [6.07, 6.45) is -1.19. The summed E-state index contributed by atoms with van der Waals surface area (Å²) in [6, 6.07) is 9.62. The fraction of sp³-hybridized carbons (Fsp3) is 0.261. The number of carboxylic acids is 1. The minimum absolute atomic E-state index is 0.0754. The fourth-order valence-electron chi connectivity index (χ4n) is 3.85. The maximum Gasteiger partial charge on any atom is 0.416 e. The van der Waals surface area contributed by atoms with Crippen LogP contribution in [0.5, 0.6) is 5.75 Å². The summed E-state index contributed by atoms with van der Waals surface area (Å²) in [5.41, 5.74) is 1.12. The van der Waals surface area contributed by atoms with Crippen LogP contribution in [0.25, 0.3) is 17.0 Å². The first-order valence-electron chi connectivity index (χ1n) is 10.1. The van der Waals surface area contributed by atoms with Gasteiger partial charge < -0.3 is 9.84 Å². The van der Waals surface area contributed by atoms with Gasteiger partial charge in [0.2, 0.25) is 10.0 Å². The van der Waals surface area contributed by atoms with Crippen LogP contribution in [0, 0.1) is 0 Å². The van der Waals surface area contributed by atoms with Crippen LogP contribution in [-0.2, 0) is 33.8 Å².